The number of halogens is 1. The van der Waals surface area contributed by atoms with E-state index in [4.69, 9.17) is 0 Å². The van der Waals surface area contributed by atoms with Crippen molar-refractivity contribution in [3.05, 3.63) is 60.2 Å². The second-order valence-corrected chi connectivity index (χ2v) is 5.04. The van der Waals surface area contributed by atoms with E-state index in [-0.39, 0.29) is 30.5 Å². The molecule has 1 aromatic carbocycles. The van der Waals surface area contributed by atoms with Gasteiger partial charge in [0.1, 0.15) is 5.82 Å². The lowest BCUT2D eigenvalue weighted by Crippen LogP contribution is -2.32. The molecule has 0 atom stereocenters. The summed E-state index contributed by atoms with van der Waals surface area (Å²) in [6.07, 6.45) is 1.74. The fourth-order valence-corrected chi connectivity index (χ4v) is 2.05. The summed E-state index contributed by atoms with van der Waals surface area (Å²) in [5.41, 5.74) is 0.883. The molecule has 0 bridgehead atoms. The third-order valence-electron chi connectivity index (χ3n) is 3.28. The van der Waals surface area contributed by atoms with Crippen LogP contribution in [0.3, 0.4) is 0 Å². The van der Waals surface area contributed by atoms with Crippen molar-refractivity contribution in [3.8, 4) is 0 Å². The Hall–Kier alpha value is -2.76. The summed E-state index contributed by atoms with van der Waals surface area (Å²) in [7, 11) is 0. The molecule has 0 aliphatic rings. The third-order valence-corrected chi connectivity index (χ3v) is 3.28. The van der Waals surface area contributed by atoms with Crippen LogP contribution in [0.25, 0.3) is 0 Å². The van der Waals surface area contributed by atoms with Gasteiger partial charge in [0.25, 0.3) is 0 Å². The molecule has 6 heteroatoms. The van der Waals surface area contributed by atoms with E-state index in [9.17, 15) is 14.0 Å². The molecule has 5 nitrogen and oxygen atoms in total. The molecule has 0 spiro atoms. The first-order chi connectivity index (χ1) is 11.1. The standard InChI is InChI=1S/C17H18FN3O2/c1-13(22)21(12-14-6-4-5-10-19-14)11-9-17(23)20-16-8-3-2-7-15(16)18/h2-8,10H,9,11-12H2,1H3,(H,20,23). The Morgan fingerprint density at radius 2 is 1.91 bits per heavy atom. The lowest BCUT2D eigenvalue weighted by atomic mass is 10.2. The first-order valence-electron chi connectivity index (χ1n) is 7.26. The predicted molar refractivity (Wildman–Crippen MR) is 85.0 cm³/mol. The van der Waals surface area contributed by atoms with Gasteiger partial charge >= 0.3 is 0 Å². The van der Waals surface area contributed by atoms with Crippen LogP contribution < -0.4 is 5.32 Å². The molecule has 23 heavy (non-hydrogen) atoms. The minimum absolute atomic E-state index is 0.0841. The van der Waals surface area contributed by atoms with Gasteiger partial charge in [-0.1, -0.05) is 18.2 Å². The smallest absolute Gasteiger partial charge is 0.226 e. The number of aromatic nitrogens is 1. The second kappa shape index (κ2) is 8.03. The van der Waals surface area contributed by atoms with E-state index >= 15 is 0 Å². The normalized spacial score (nSPS) is 10.2. The molecule has 1 N–H and O–H groups in total. The van der Waals surface area contributed by atoms with E-state index in [0.29, 0.717) is 6.54 Å². The number of amides is 2. The van der Waals surface area contributed by atoms with Gasteiger partial charge in [0.15, 0.2) is 0 Å². The molecule has 0 fully saturated rings. The number of benzene rings is 1. The third kappa shape index (κ3) is 5.18. The van der Waals surface area contributed by atoms with Crippen LogP contribution in [0.5, 0.6) is 0 Å². The molecule has 0 saturated carbocycles. The zero-order chi connectivity index (χ0) is 16.7. The number of anilines is 1. The lowest BCUT2D eigenvalue weighted by molar-refractivity contribution is -0.130. The number of carbonyl (C=O) groups is 2. The number of hydrogen-bond donors (Lipinski definition) is 1. The van der Waals surface area contributed by atoms with E-state index in [1.165, 1.54) is 24.0 Å². The summed E-state index contributed by atoms with van der Waals surface area (Å²) in [6.45, 7) is 2.02. The van der Waals surface area contributed by atoms with Gasteiger partial charge in [-0.05, 0) is 24.3 Å². The van der Waals surface area contributed by atoms with E-state index in [0.717, 1.165) is 5.69 Å². The number of nitrogens with zero attached hydrogens (tertiary/aromatic N) is 2. The Balaban J connectivity index is 1.90. The monoisotopic (exact) mass is 315 g/mol. The Kier molecular flexibility index (Phi) is 5.80. The average Bonchev–Trinajstić information content (AvgIpc) is 2.54. The highest BCUT2D eigenvalue weighted by Crippen LogP contribution is 2.12. The van der Waals surface area contributed by atoms with Crippen LogP contribution in [0.4, 0.5) is 10.1 Å². The van der Waals surface area contributed by atoms with Crippen molar-refractivity contribution >= 4 is 17.5 Å². The van der Waals surface area contributed by atoms with Crippen molar-refractivity contribution in [2.75, 3.05) is 11.9 Å². The molecule has 0 aliphatic carbocycles. The van der Waals surface area contributed by atoms with Crippen molar-refractivity contribution in [2.45, 2.75) is 19.9 Å². The molecule has 2 amide bonds. The fraction of sp³-hybridized carbons (Fsp3) is 0.235. The van der Waals surface area contributed by atoms with Crippen LogP contribution in [-0.4, -0.2) is 28.2 Å². The van der Waals surface area contributed by atoms with Gasteiger partial charge in [-0.15, -0.1) is 0 Å². The summed E-state index contributed by atoms with van der Waals surface area (Å²) >= 11 is 0. The molecule has 0 aliphatic heterocycles. The average molecular weight is 315 g/mol. The minimum atomic E-state index is -0.488. The molecule has 1 aromatic heterocycles. The summed E-state index contributed by atoms with van der Waals surface area (Å²) < 4.78 is 13.5. The van der Waals surface area contributed by atoms with Gasteiger partial charge in [-0.25, -0.2) is 4.39 Å². The Morgan fingerprint density at radius 3 is 2.57 bits per heavy atom. The maximum absolute atomic E-state index is 13.5. The molecule has 0 saturated heterocycles. The summed E-state index contributed by atoms with van der Waals surface area (Å²) in [4.78, 5) is 29.3. The number of pyridine rings is 1. The van der Waals surface area contributed by atoms with Crippen LogP contribution in [0.15, 0.2) is 48.7 Å². The second-order valence-electron chi connectivity index (χ2n) is 5.04. The van der Waals surface area contributed by atoms with Gasteiger partial charge in [-0.2, -0.15) is 0 Å². The molecule has 2 rings (SSSR count). The highest BCUT2D eigenvalue weighted by Gasteiger charge is 2.13. The van der Waals surface area contributed by atoms with Gasteiger partial charge < -0.3 is 10.2 Å². The van der Waals surface area contributed by atoms with Crippen LogP contribution in [0, 0.1) is 5.82 Å². The quantitative estimate of drug-likeness (QED) is 0.891. The van der Waals surface area contributed by atoms with Crippen molar-refractivity contribution in [1.29, 1.82) is 0 Å². The lowest BCUT2D eigenvalue weighted by Gasteiger charge is -2.20. The van der Waals surface area contributed by atoms with E-state index < -0.39 is 5.82 Å². The zero-order valence-electron chi connectivity index (χ0n) is 12.8. The minimum Gasteiger partial charge on any atom is -0.337 e. The first-order valence-corrected chi connectivity index (χ1v) is 7.26. The van der Waals surface area contributed by atoms with Crippen molar-refractivity contribution in [1.82, 2.24) is 9.88 Å². The molecule has 2 aromatic rings. The van der Waals surface area contributed by atoms with Crippen LogP contribution >= 0.6 is 0 Å². The molecule has 0 unspecified atom stereocenters. The Labute approximate surface area is 134 Å². The zero-order valence-corrected chi connectivity index (χ0v) is 12.8. The van der Waals surface area contributed by atoms with Crippen molar-refractivity contribution < 1.29 is 14.0 Å². The topological polar surface area (TPSA) is 62.3 Å². The number of nitrogens with one attached hydrogen (secondary N) is 1. The van der Waals surface area contributed by atoms with E-state index in [1.807, 2.05) is 12.1 Å². The molecule has 0 radical (unpaired) electrons. The largest absolute Gasteiger partial charge is 0.337 e. The maximum Gasteiger partial charge on any atom is 0.226 e. The number of carbonyl (C=O) groups excluding carboxylic acids is 2. The van der Waals surface area contributed by atoms with E-state index in [1.54, 1.807) is 24.4 Å². The predicted octanol–water partition coefficient (Wildman–Crippen LogP) is 2.60. The number of para-hydroxylation sites is 1. The molecule has 120 valence electrons. The van der Waals surface area contributed by atoms with Gasteiger partial charge in [0.2, 0.25) is 11.8 Å². The van der Waals surface area contributed by atoms with Crippen molar-refractivity contribution in [3.63, 3.8) is 0 Å². The van der Waals surface area contributed by atoms with Crippen LogP contribution in [0.1, 0.15) is 19.0 Å². The summed E-state index contributed by atoms with van der Waals surface area (Å²) in [6, 6.07) is 11.4. The van der Waals surface area contributed by atoms with Crippen molar-refractivity contribution in [2.24, 2.45) is 0 Å². The fourth-order valence-electron chi connectivity index (χ4n) is 2.05. The Morgan fingerprint density at radius 1 is 1.17 bits per heavy atom. The highest BCUT2D eigenvalue weighted by atomic mass is 19.1. The van der Waals surface area contributed by atoms with Gasteiger partial charge in [0.05, 0.1) is 17.9 Å². The van der Waals surface area contributed by atoms with Gasteiger partial charge in [0, 0.05) is 26.1 Å². The highest BCUT2D eigenvalue weighted by molar-refractivity contribution is 5.91. The van der Waals surface area contributed by atoms with Gasteiger partial charge in [-0.3, -0.25) is 14.6 Å². The van der Waals surface area contributed by atoms with Crippen LogP contribution in [-0.2, 0) is 16.1 Å². The SMILES string of the molecule is CC(=O)N(CCC(=O)Nc1ccccc1F)Cc1ccccn1. The molecular weight excluding hydrogens is 297 g/mol. The molecule has 1 heterocycles. The summed E-state index contributed by atoms with van der Waals surface area (Å²) in [5, 5.41) is 2.50. The number of rotatable bonds is 6. The van der Waals surface area contributed by atoms with Crippen LogP contribution in [0.2, 0.25) is 0 Å². The number of hydrogen-bond acceptors (Lipinski definition) is 3. The molecular formula is C17H18FN3O2. The van der Waals surface area contributed by atoms with E-state index in [2.05, 4.69) is 10.3 Å². The Bertz CT molecular complexity index is 677. The first kappa shape index (κ1) is 16.6. The summed E-state index contributed by atoms with van der Waals surface area (Å²) in [5.74, 6) is -0.977. The maximum atomic E-state index is 13.5.